The van der Waals surface area contributed by atoms with Gasteiger partial charge in [-0.05, 0) is 32.8 Å². The molecule has 0 aliphatic carbocycles. The number of hydrogen-bond donors (Lipinski definition) is 2. The quantitative estimate of drug-likeness (QED) is 0.133. The maximum absolute atomic E-state index is 13.8. The van der Waals surface area contributed by atoms with Crippen molar-refractivity contribution in [2.45, 2.75) is 51.3 Å². The fraction of sp³-hybridized carbons (Fsp3) is 0.517. The fourth-order valence-corrected chi connectivity index (χ4v) is 5.30. The van der Waals surface area contributed by atoms with E-state index < -0.39 is 53.1 Å². The number of hydrogen-bond acceptors (Lipinski definition) is 11. The zero-order chi connectivity index (χ0) is 32.0. The van der Waals surface area contributed by atoms with Crippen molar-refractivity contribution in [1.82, 2.24) is 15.6 Å². The van der Waals surface area contributed by atoms with E-state index in [0.29, 0.717) is 9.88 Å². The number of aryl methyl sites for hydroxylation is 1. The van der Waals surface area contributed by atoms with E-state index in [4.69, 9.17) is 18.9 Å². The normalized spacial score (nSPS) is 14.5. The van der Waals surface area contributed by atoms with Crippen molar-refractivity contribution in [3.63, 3.8) is 0 Å². The topological polar surface area (TPSA) is 159 Å². The number of nitrogens with zero attached hydrogens (tertiary/aromatic N) is 1. The van der Waals surface area contributed by atoms with Crippen LogP contribution in [0.4, 0.5) is 4.79 Å². The van der Waals surface area contributed by atoms with Crippen molar-refractivity contribution in [1.29, 1.82) is 0 Å². The van der Waals surface area contributed by atoms with Gasteiger partial charge >= 0.3 is 6.16 Å². The number of aromatic nitrogens is 1. The van der Waals surface area contributed by atoms with Crippen LogP contribution in [0.5, 0.6) is 0 Å². The summed E-state index contributed by atoms with van der Waals surface area (Å²) >= 11 is 3.12. The summed E-state index contributed by atoms with van der Waals surface area (Å²) in [5.41, 5.74) is -0.844. The van der Waals surface area contributed by atoms with E-state index in [1.165, 1.54) is 38.7 Å². The summed E-state index contributed by atoms with van der Waals surface area (Å²) < 4.78 is 20.8. The summed E-state index contributed by atoms with van der Waals surface area (Å²) in [5.74, 6) is -3.09. The third kappa shape index (κ3) is 11.2. The number of nitrogens with one attached hydrogen (secondary N) is 2. The second-order valence-corrected chi connectivity index (χ2v) is 11.8. The van der Waals surface area contributed by atoms with Gasteiger partial charge in [0.25, 0.3) is 5.91 Å². The summed E-state index contributed by atoms with van der Waals surface area (Å²) in [5, 5.41) is 6.11. The second kappa shape index (κ2) is 18.0. The molecule has 0 spiro atoms. The molecule has 4 atom stereocenters. The first-order chi connectivity index (χ1) is 20.5. The summed E-state index contributed by atoms with van der Waals surface area (Å²) in [7, 11) is 2.78. The van der Waals surface area contributed by atoms with Gasteiger partial charge in [0.1, 0.15) is 10.9 Å². The van der Waals surface area contributed by atoms with Gasteiger partial charge in [0.15, 0.2) is 17.2 Å². The highest BCUT2D eigenvalue weighted by Crippen LogP contribution is 2.22. The lowest BCUT2D eigenvalue weighted by Crippen LogP contribution is -2.56. The number of ketones is 2. The van der Waals surface area contributed by atoms with Crippen LogP contribution in [0, 0.1) is 12.8 Å². The van der Waals surface area contributed by atoms with E-state index in [1.54, 1.807) is 38.1 Å². The predicted molar refractivity (Wildman–Crippen MR) is 167 cm³/mol. The Morgan fingerprint density at radius 1 is 1.02 bits per heavy atom. The molecule has 0 fully saturated rings. The van der Waals surface area contributed by atoms with Crippen LogP contribution in [0.2, 0.25) is 0 Å². The Kier molecular flexibility index (Phi) is 15.2. The van der Waals surface area contributed by atoms with Crippen LogP contribution < -0.4 is 10.6 Å². The Hall–Kier alpha value is -2.95. The van der Waals surface area contributed by atoms with Crippen LogP contribution in [-0.4, -0.2) is 90.7 Å². The predicted octanol–water partition coefficient (Wildman–Crippen LogP) is 3.08. The number of halogens is 1. The summed E-state index contributed by atoms with van der Waals surface area (Å²) in [6, 6.07) is 6.89. The van der Waals surface area contributed by atoms with Crippen molar-refractivity contribution in [2.24, 2.45) is 5.92 Å². The van der Waals surface area contributed by atoms with Gasteiger partial charge in [-0.2, -0.15) is 0 Å². The molecule has 14 heteroatoms. The van der Waals surface area contributed by atoms with Crippen LogP contribution in [0.3, 0.4) is 0 Å². The highest BCUT2D eigenvalue weighted by atomic mass is 127. The van der Waals surface area contributed by atoms with Crippen LogP contribution in [0.25, 0.3) is 0 Å². The molecule has 43 heavy (non-hydrogen) atoms. The molecule has 1 aromatic heterocycles. The smallest absolute Gasteiger partial charge is 0.435 e. The van der Waals surface area contributed by atoms with Crippen LogP contribution in [-0.2, 0) is 39.8 Å². The van der Waals surface area contributed by atoms with Crippen LogP contribution >= 0.6 is 33.9 Å². The molecule has 12 nitrogen and oxygen atoms in total. The molecule has 0 bridgehead atoms. The molecule has 236 valence electrons. The van der Waals surface area contributed by atoms with E-state index in [0.717, 1.165) is 5.56 Å². The second-order valence-electron chi connectivity index (χ2n) is 9.81. The van der Waals surface area contributed by atoms with Gasteiger partial charge in [-0.1, -0.05) is 52.9 Å². The molecule has 0 saturated carbocycles. The lowest BCUT2D eigenvalue weighted by Gasteiger charge is -2.31. The molecule has 2 N–H and O–H groups in total. The number of carbonyl (C=O) groups excluding carboxylic acids is 5. The zero-order valence-corrected chi connectivity index (χ0v) is 27.8. The van der Waals surface area contributed by atoms with Gasteiger partial charge in [-0.3, -0.25) is 19.2 Å². The Bertz CT molecular complexity index is 1240. The molecule has 1 heterocycles. The van der Waals surface area contributed by atoms with E-state index >= 15 is 0 Å². The highest BCUT2D eigenvalue weighted by molar-refractivity contribution is 14.1. The van der Waals surface area contributed by atoms with Crippen LogP contribution in [0.15, 0.2) is 36.5 Å². The monoisotopic (exact) mass is 731 g/mol. The summed E-state index contributed by atoms with van der Waals surface area (Å²) in [6.07, 6.45) is 0.227. The highest BCUT2D eigenvalue weighted by Gasteiger charge is 2.42. The number of benzene rings is 1. The van der Waals surface area contributed by atoms with Crippen molar-refractivity contribution in [3.05, 3.63) is 52.0 Å². The Morgan fingerprint density at radius 2 is 1.70 bits per heavy atom. The summed E-state index contributed by atoms with van der Waals surface area (Å²) in [6.45, 7) is 4.65. The van der Waals surface area contributed by atoms with E-state index in [-0.39, 0.29) is 37.1 Å². The lowest BCUT2D eigenvalue weighted by molar-refractivity contribution is -0.141. The third-order valence-corrected chi connectivity index (χ3v) is 8.69. The largest absolute Gasteiger partial charge is 0.509 e. The van der Waals surface area contributed by atoms with Crippen molar-refractivity contribution in [2.75, 3.05) is 38.5 Å². The number of amides is 2. The van der Waals surface area contributed by atoms with Crippen molar-refractivity contribution < 1.29 is 42.9 Å². The maximum Gasteiger partial charge on any atom is 0.509 e. The Labute approximate surface area is 268 Å². The van der Waals surface area contributed by atoms with E-state index in [1.807, 2.05) is 28.7 Å². The fourth-order valence-electron chi connectivity index (χ4n) is 4.08. The zero-order valence-electron chi connectivity index (χ0n) is 24.8. The minimum atomic E-state index is -1.60. The van der Waals surface area contributed by atoms with Crippen LogP contribution in [0.1, 0.15) is 40.5 Å². The molecule has 2 rings (SSSR count). The molecule has 1 aromatic carbocycles. The number of alkyl halides is 1. The summed E-state index contributed by atoms with van der Waals surface area (Å²) in [4.78, 5) is 69.9. The van der Waals surface area contributed by atoms with Gasteiger partial charge in [0, 0.05) is 25.1 Å². The van der Waals surface area contributed by atoms with Gasteiger partial charge in [0.05, 0.1) is 43.0 Å². The molecule has 0 unspecified atom stereocenters. The van der Waals surface area contributed by atoms with Crippen molar-refractivity contribution >= 4 is 63.5 Å². The average molecular weight is 732 g/mol. The minimum absolute atomic E-state index is 0.0651. The lowest BCUT2D eigenvalue weighted by atomic mass is 9.91. The average Bonchev–Trinajstić information content (AvgIpc) is 3.42. The SMILES string of the molecule is CCOC(=O)O[C@](C)(CI)C(=O)[C@H](Cc1ccccc1)NC(=O)[C@H](COC)CC(=O)[C@H](COC)NC(=O)c1cnc(C)s1. The first kappa shape index (κ1) is 36.2. The number of thiazole rings is 1. The number of methoxy groups -OCH3 is 2. The first-order valence-corrected chi connectivity index (χ1v) is 15.9. The maximum atomic E-state index is 13.8. The number of rotatable bonds is 18. The Morgan fingerprint density at radius 3 is 2.26 bits per heavy atom. The van der Waals surface area contributed by atoms with Gasteiger partial charge in [-0.25, -0.2) is 9.78 Å². The number of Topliss-reactive ketones (excluding diaryl/α,β-unsaturated/α-hetero) is 2. The number of ether oxygens (including phenoxy) is 4. The molecule has 2 amide bonds. The molecular weight excluding hydrogens is 693 g/mol. The molecular formula is C29H38IN3O9S. The van der Waals surface area contributed by atoms with Gasteiger partial charge in [-0.15, -0.1) is 11.3 Å². The van der Waals surface area contributed by atoms with Crippen molar-refractivity contribution in [3.8, 4) is 0 Å². The van der Waals surface area contributed by atoms with E-state index in [9.17, 15) is 24.0 Å². The van der Waals surface area contributed by atoms with E-state index in [2.05, 4.69) is 15.6 Å². The number of carbonyl (C=O) groups is 5. The minimum Gasteiger partial charge on any atom is -0.435 e. The molecule has 0 aliphatic rings. The molecule has 0 radical (unpaired) electrons. The Balaban J connectivity index is 2.27. The molecule has 0 saturated heterocycles. The molecule has 0 aliphatic heterocycles. The molecule has 2 aromatic rings. The standard InChI is InChI=1S/C29H38IN3O9S/c1-6-41-28(38)42-29(3,17-30)25(35)21(12-19-10-8-7-9-11-19)32-26(36)20(15-39-4)13-23(34)22(16-40-5)33-27(37)24-14-31-18(2)43-24/h7-11,14,20-22H,6,12-13,15-17H2,1-5H3,(H,32,36)(H,33,37)/t20-,21-,22-,29+/m0/s1. The first-order valence-electron chi connectivity index (χ1n) is 13.5. The van der Waals surface area contributed by atoms with Gasteiger partial charge in [0.2, 0.25) is 5.91 Å². The van der Waals surface area contributed by atoms with Gasteiger partial charge < -0.3 is 29.6 Å². The third-order valence-electron chi connectivity index (χ3n) is 6.32.